The molecule has 0 unspecified atom stereocenters. The minimum absolute atomic E-state index is 0.00125. The van der Waals surface area contributed by atoms with Crippen molar-refractivity contribution in [3.63, 3.8) is 0 Å². The van der Waals surface area contributed by atoms with Crippen LogP contribution in [-0.4, -0.2) is 12.2 Å². The van der Waals surface area contributed by atoms with Crippen LogP contribution in [-0.2, 0) is 4.74 Å². The molecule has 0 amide bonds. The van der Waals surface area contributed by atoms with E-state index >= 15 is 0 Å². The molecule has 3 rings (SSSR count). The van der Waals surface area contributed by atoms with Gasteiger partial charge in [-0.3, -0.25) is 0 Å². The topological polar surface area (TPSA) is 29.5 Å². The van der Waals surface area contributed by atoms with Gasteiger partial charge in [0.1, 0.15) is 0 Å². The summed E-state index contributed by atoms with van der Waals surface area (Å²) >= 11 is 0. The highest BCUT2D eigenvalue weighted by Crippen LogP contribution is 2.51. The van der Waals surface area contributed by atoms with Gasteiger partial charge in [-0.15, -0.1) is 0 Å². The van der Waals surface area contributed by atoms with E-state index in [4.69, 9.17) is 4.74 Å². The molecule has 0 saturated carbocycles. The lowest BCUT2D eigenvalue weighted by Crippen LogP contribution is -2.09. The summed E-state index contributed by atoms with van der Waals surface area (Å²) in [4.78, 5) is 0. The molecule has 1 aliphatic carbocycles. The number of ether oxygens (including phenoxy) is 1. The highest BCUT2D eigenvalue weighted by atomic mass is 16.6. The summed E-state index contributed by atoms with van der Waals surface area (Å²) in [5.41, 5.74) is 6.92. The average Bonchev–Trinajstić information content (AvgIpc) is 3.06. The number of hydrogen-bond donors (Lipinski definition) is 1. The van der Waals surface area contributed by atoms with Crippen LogP contribution >= 0.6 is 0 Å². The summed E-state index contributed by atoms with van der Waals surface area (Å²) in [6.45, 7) is 4.51. The first kappa shape index (κ1) is 21.2. The zero-order chi connectivity index (χ0) is 20.6. The van der Waals surface area contributed by atoms with E-state index in [0.717, 1.165) is 12.8 Å². The van der Waals surface area contributed by atoms with Gasteiger partial charge in [-0.05, 0) is 47.1 Å². The highest BCUT2D eigenvalue weighted by molar-refractivity contribution is 5.80. The molecule has 0 bridgehead atoms. The van der Waals surface area contributed by atoms with Crippen molar-refractivity contribution >= 4 is 5.57 Å². The Hall–Kier alpha value is -2.48. The fraction of sp³-hybridized carbons (Fsp3) is 0.407. The Bertz CT molecular complexity index is 848. The van der Waals surface area contributed by atoms with E-state index < -0.39 is 0 Å². The number of benzene rings is 2. The summed E-state index contributed by atoms with van der Waals surface area (Å²) in [6, 6.07) is 19.6. The zero-order valence-corrected chi connectivity index (χ0v) is 18.0. The van der Waals surface area contributed by atoms with Crippen LogP contribution in [0, 0.1) is 0 Å². The van der Waals surface area contributed by atoms with Gasteiger partial charge < -0.3 is 9.84 Å². The molecule has 154 valence electrons. The number of allylic oxidation sites excluding steroid dienone is 3. The van der Waals surface area contributed by atoms with Gasteiger partial charge in [0, 0.05) is 17.9 Å². The molecule has 29 heavy (non-hydrogen) atoms. The van der Waals surface area contributed by atoms with Crippen molar-refractivity contribution in [1.82, 2.24) is 0 Å². The largest absolute Gasteiger partial charge is 0.481 e. The van der Waals surface area contributed by atoms with Crippen LogP contribution in [0.2, 0.25) is 0 Å². The number of aliphatic hydroxyl groups is 1. The quantitative estimate of drug-likeness (QED) is 0.420. The maximum Gasteiger partial charge on any atom is 0.273 e. The molecule has 0 radical (unpaired) electrons. The van der Waals surface area contributed by atoms with Crippen LogP contribution < -0.4 is 0 Å². The number of unbranched alkanes of at least 4 members (excludes halogenated alkanes) is 2. The normalized spacial score (nSPS) is 17.3. The Morgan fingerprint density at radius 2 is 1.69 bits per heavy atom. The fourth-order valence-corrected chi connectivity index (χ4v) is 4.60. The van der Waals surface area contributed by atoms with Crippen LogP contribution in [0.1, 0.15) is 80.9 Å². The van der Waals surface area contributed by atoms with E-state index in [1.807, 2.05) is 6.08 Å². The molecule has 1 N–H and O–H groups in total. The van der Waals surface area contributed by atoms with Crippen LogP contribution in [0.3, 0.4) is 0 Å². The molecule has 2 aromatic rings. The van der Waals surface area contributed by atoms with Gasteiger partial charge in [-0.25, -0.2) is 0 Å². The molecule has 0 fully saturated rings. The highest BCUT2D eigenvalue weighted by Gasteiger charge is 2.34. The van der Waals surface area contributed by atoms with Crippen LogP contribution in [0.4, 0.5) is 0 Å². The number of methoxy groups -OCH3 is 1. The predicted octanol–water partition coefficient (Wildman–Crippen LogP) is 7.75. The maximum atomic E-state index is 10.3. The minimum Gasteiger partial charge on any atom is -0.481 e. The number of aliphatic hydroxyl groups excluding tert-OH is 1. The molecular weight excluding hydrogens is 356 g/mol. The molecule has 0 spiro atoms. The van der Waals surface area contributed by atoms with Gasteiger partial charge in [0.15, 0.2) is 0 Å². The zero-order valence-electron chi connectivity index (χ0n) is 18.0. The van der Waals surface area contributed by atoms with Crippen molar-refractivity contribution < 1.29 is 9.84 Å². The summed E-state index contributed by atoms with van der Waals surface area (Å²) in [7, 11) is 1.53. The molecule has 2 atom stereocenters. The van der Waals surface area contributed by atoms with E-state index in [-0.39, 0.29) is 11.9 Å². The first-order valence-corrected chi connectivity index (χ1v) is 11.0. The summed E-state index contributed by atoms with van der Waals surface area (Å²) < 4.78 is 5.15. The van der Waals surface area contributed by atoms with Crippen molar-refractivity contribution in [2.45, 2.75) is 64.2 Å². The van der Waals surface area contributed by atoms with Crippen molar-refractivity contribution in [3.05, 3.63) is 88.9 Å². The van der Waals surface area contributed by atoms with E-state index in [2.05, 4.69) is 68.4 Å². The second-order valence-electron chi connectivity index (χ2n) is 7.92. The summed E-state index contributed by atoms with van der Waals surface area (Å²) in [5, 5.41) is 10.3. The Labute approximate surface area is 175 Å². The summed E-state index contributed by atoms with van der Waals surface area (Å²) in [6.07, 6.45) is 8.82. The van der Waals surface area contributed by atoms with Crippen LogP contribution in [0.5, 0.6) is 0 Å². The van der Waals surface area contributed by atoms with Crippen LogP contribution in [0.25, 0.3) is 5.57 Å². The SMILES string of the molecule is CCCCC1=C([C@H](CCCC)c2ccccc2)[C@H](/C=C(/O)OC)c2ccccc21. The van der Waals surface area contributed by atoms with Gasteiger partial charge in [-0.2, -0.15) is 0 Å². The molecule has 2 aromatic carbocycles. The number of fused-ring (bicyclic) bond motifs is 1. The lowest BCUT2D eigenvalue weighted by atomic mass is 9.79. The molecule has 2 nitrogen and oxygen atoms in total. The van der Waals surface area contributed by atoms with Crippen molar-refractivity contribution in [2.24, 2.45) is 0 Å². The molecule has 0 aromatic heterocycles. The second-order valence-corrected chi connectivity index (χ2v) is 7.92. The Balaban J connectivity index is 2.19. The molecule has 0 heterocycles. The minimum atomic E-state index is 0.00125. The molecule has 0 saturated heterocycles. The fourth-order valence-electron chi connectivity index (χ4n) is 4.60. The first-order chi connectivity index (χ1) is 14.2. The number of rotatable bonds is 10. The van der Waals surface area contributed by atoms with E-state index in [9.17, 15) is 5.11 Å². The lowest BCUT2D eigenvalue weighted by Gasteiger charge is -2.25. The Kier molecular flexibility index (Phi) is 7.57. The lowest BCUT2D eigenvalue weighted by molar-refractivity contribution is 0.134. The van der Waals surface area contributed by atoms with Crippen molar-refractivity contribution in [1.29, 1.82) is 0 Å². The van der Waals surface area contributed by atoms with E-state index in [1.165, 1.54) is 60.6 Å². The summed E-state index contributed by atoms with van der Waals surface area (Å²) in [5.74, 6) is 0.405. The van der Waals surface area contributed by atoms with Crippen LogP contribution in [0.15, 0.2) is 72.2 Å². The standard InChI is InChI=1S/C27H34O2/c1-4-6-15-21(20-13-9-8-10-14-20)27-24(16-7-5-2)22-17-11-12-18-23(22)25(27)19-26(28)29-3/h8-14,17-19,21,25,28H,4-7,15-16H2,1-3H3/b26-19-/t21-,25-/m1/s1. The second kappa shape index (κ2) is 10.3. The smallest absolute Gasteiger partial charge is 0.273 e. The number of hydrogen-bond acceptors (Lipinski definition) is 2. The van der Waals surface area contributed by atoms with Crippen molar-refractivity contribution in [2.75, 3.05) is 7.11 Å². The third kappa shape index (κ3) is 4.75. The van der Waals surface area contributed by atoms with Crippen molar-refractivity contribution in [3.8, 4) is 0 Å². The third-order valence-electron chi connectivity index (χ3n) is 6.03. The maximum absolute atomic E-state index is 10.3. The monoisotopic (exact) mass is 390 g/mol. The van der Waals surface area contributed by atoms with Gasteiger partial charge in [0.05, 0.1) is 7.11 Å². The molecule has 2 heteroatoms. The van der Waals surface area contributed by atoms with Gasteiger partial charge in [0.2, 0.25) is 0 Å². The molecule has 0 aliphatic heterocycles. The average molecular weight is 391 g/mol. The predicted molar refractivity (Wildman–Crippen MR) is 122 cm³/mol. The van der Waals surface area contributed by atoms with Gasteiger partial charge in [-0.1, -0.05) is 87.7 Å². The first-order valence-electron chi connectivity index (χ1n) is 11.0. The Morgan fingerprint density at radius 3 is 2.38 bits per heavy atom. The molecule has 1 aliphatic rings. The van der Waals surface area contributed by atoms with E-state index in [1.54, 1.807) is 0 Å². The molecular formula is C27H34O2. The van der Waals surface area contributed by atoms with Gasteiger partial charge in [0.25, 0.3) is 5.95 Å². The third-order valence-corrected chi connectivity index (χ3v) is 6.03. The Morgan fingerprint density at radius 1 is 1.00 bits per heavy atom. The van der Waals surface area contributed by atoms with E-state index in [0.29, 0.717) is 5.92 Å². The van der Waals surface area contributed by atoms with Gasteiger partial charge >= 0.3 is 0 Å².